The Morgan fingerprint density at radius 2 is 1.96 bits per heavy atom. The molecule has 2 saturated carbocycles. The molecule has 1 aromatic rings. The largest absolute Gasteiger partial charge is 0.493 e. The monoisotopic (exact) mass is 358 g/mol. The van der Waals surface area contributed by atoms with E-state index >= 15 is 0 Å². The van der Waals surface area contributed by atoms with E-state index in [1.807, 2.05) is 13.1 Å². The molecule has 0 spiro atoms. The lowest BCUT2D eigenvalue weighted by atomic mass is 10.2. The van der Waals surface area contributed by atoms with E-state index < -0.39 is 0 Å². The molecule has 0 bridgehead atoms. The lowest BCUT2D eigenvalue weighted by Crippen LogP contribution is -2.43. The molecule has 144 valence electrons. The fraction of sp³-hybridized carbons (Fsp3) is 0.667. The lowest BCUT2D eigenvalue weighted by Gasteiger charge is -2.26. The molecular weight excluding hydrogens is 324 g/mol. The zero-order chi connectivity index (χ0) is 18.4. The fourth-order valence-electron chi connectivity index (χ4n) is 3.25. The SMILES string of the molecule is CN=C(NCCN(C(C)C)C1CC1)NCc1ccccc1OCC1CC1. The summed E-state index contributed by atoms with van der Waals surface area (Å²) in [7, 11) is 1.83. The Morgan fingerprint density at radius 1 is 1.19 bits per heavy atom. The van der Waals surface area contributed by atoms with Crippen LogP contribution in [-0.4, -0.2) is 49.7 Å². The van der Waals surface area contributed by atoms with E-state index in [0.29, 0.717) is 6.04 Å². The van der Waals surface area contributed by atoms with Crippen molar-refractivity contribution in [3.63, 3.8) is 0 Å². The van der Waals surface area contributed by atoms with Crippen molar-refractivity contribution in [2.45, 2.75) is 58.2 Å². The zero-order valence-electron chi connectivity index (χ0n) is 16.5. The summed E-state index contributed by atoms with van der Waals surface area (Å²) in [5.41, 5.74) is 1.18. The van der Waals surface area contributed by atoms with Crippen molar-refractivity contribution in [3.8, 4) is 5.75 Å². The molecule has 0 unspecified atom stereocenters. The number of ether oxygens (including phenoxy) is 1. The third kappa shape index (κ3) is 5.90. The Bertz CT molecular complexity index is 591. The lowest BCUT2D eigenvalue weighted by molar-refractivity contribution is 0.215. The van der Waals surface area contributed by atoms with Crippen LogP contribution >= 0.6 is 0 Å². The van der Waals surface area contributed by atoms with Crippen molar-refractivity contribution < 1.29 is 4.74 Å². The maximum Gasteiger partial charge on any atom is 0.191 e. The second-order valence-corrected chi connectivity index (χ2v) is 7.78. The molecule has 3 rings (SSSR count). The molecule has 0 heterocycles. The number of nitrogens with zero attached hydrogens (tertiary/aromatic N) is 2. The van der Waals surface area contributed by atoms with Crippen molar-refractivity contribution in [3.05, 3.63) is 29.8 Å². The summed E-state index contributed by atoms with van der Waals surface area (Å²) in [6.07, 6.45) is 5.32. The van der Waals surface area contributed by atoms with Crippen molar-refractivity contribution in [2.24, 2.45) is 10.9 Å². The van der Waals surface area contributed by atoms with Crippen LogP contribution in [0, 0.1) is 5.92 Å². The first-order chi connectivity index (χ1) is 12.7. The first kappa shape index (κ1) is 19.0. The number of para-hydroxylation sites is 1. The van der Waals surface area contributed by atoms with Crippen molar-refractivity contribution in [2.75, 3.05) is 26.7 Å². The first-order valence-corrected chi connectivity index (χ1v) is 10.1. The Labute approximate surface area is 158 Å². The van der Waals surface area contributed by atoms with Gasteiger partial charge in [-0.25, -0.2) is 0 Å². The Morgan fingerprint density at radius 3 is 2.62 bits per heavy atom. The molecule has 2 N–H and O–H groups in total. The number of benzene rings is 1. The van der Waals surface area contributed by atoms with Gasteiger partial charge >= 0.3 is 0 Å². The minimum Gasteiger partial charge on any atom is -0.493 e. The molecule has 2 fully saturated rings. The summed E-state index contributed by atoms with van der Waals surface area (Å²) in [4.78, 5) is 6.94. The fourth-order valence-corrected chi connectivity index (χ4v) is 3.25. The zero-order valence-corrected chi connectivity index (χ0v) is 16.5. The van der Waals surface area contributed by atoms with Gasteiger partial charge in [0.25, 0.3) is 0 Å². The van der Waals surface area contributed by atoms with Gasteiger partial charge in [0.05, 0.1) is 6.61 Å². The third-order valence-electron chi connectivity index (χ3n) is 5.16. The van der Waals surface area contributed by atoms with E-state index in [9.17, 15) is 0 Å². The van der Waals surface area contributed by atoms with Gasteiger partial charge in [0.15, 0.2) is 5.96 Å². The molecule has 2 aliphatic rings. The van der Waals surface area contributed by atoms with Crippen LogP contribution in [0.25, 0.3) is 0 Å². The van der Waals surface area contributed by atoms with Crippen LogP contribution < -0.4 is 15.4 Å². The van der Waals surface area contributed by atoms with Gasteiger partial charge in [-0.2, -0.15) is 0 Å². The van der Waals surface area contributed by atoms with Crippen molar-refractivity contribution in [1.29, 1.82) is 0 Å². The maximum atomic E-state index is 5.99. The molecule has 0 amide bonds. The predicted octanol–water partition coefficient (Wildman–Crippen LogP) is 3.01. The highest BCUT2D eigenvalue weighted by Crippen LogP contribution is 2.30. The van der Waals surface area contributed by atoms with Gasteiger partial charge in [-0.1, -0.05) is 18.2 Å². The Balaban J connectivity index is 1.43. The average molecular weight is 359 g/mol. The van der Waals surface area contributed by atoms with E-state index in [2.05, 4.69) is 52.6 Å². The van der Waals surface area contributed by atoms with Crippen LogP contribution in [0.1, 0.15) is 45.1 Å². The van der Waals surface area contributed by atoms with Crippen LogP contribution in [0.3, 0.4) is 0 Å². The summed E-state index contributed by atoms with van der Waals surface area (Å²) in [5, 5.41) is 6.86. The Kier molecular flexibility index (Phi) is 6.78. The number of guanidine groups is 1. The first-order valence-electron chi connectivity index (χ1n) is 10.1. The van der Waals surface area contributed by atoms with Crippen LogP contribution in [0.5, 0.6) is 5.75 Å². The van der Waals surface area contributed by atoms with Crippen LogP contribution in [0.4, 0.5) is 0 Å². The smallest absolute Gasteiger partial charge is 0.191 e. The summed E-state index contributed by atoms with van der Waals surface area (Å²) in [6, 6.07) is 9.68. The summed E-state index contributed by atoms with van der Waals surface area (Å²) >= 11 is 0. The second kappa shape index (κ2) is 9.26. The van der Waals surface area contributed by atoms with Crippen molar-refractivity contribution in [1.82, 2.24) is 15.5 Å². The molecule has 0 saturated heterocycles. The van der Waals surface area contributed by atoms with Gasteiger partial charge < -0.3 is 15.4 Å². The third-order valence-corrected chi connectivity index (χ3v) is 5.16. The number of rotatable bonds is 10. The maximum absolute atomic E-state index is 5.99. The highest BCUT2D eigenvalue weighted by Gasteiger charge is 2.30. The van der Waals surface area contributed by atoms with Crippen LogP contribution in [0.15, 0.2) is 29.3 Å². The van der Waals surface area contributed by atoms with Gasteiger partial charge in [0.1, 0.15) is 5.75 Å². The van der Waals surface area contributed by atoms with Gasteiger partial charge in [-0.05, 0) is 51.5 Å². The van der Waals surface area contributed by atoms with E-state index in [0.717, 1.165) is 49.9 Å². The molecule has 0 radical (unpaired) electrons. The number of hydrogen-bond donors (Lipinski definition) is 2. The molecule has 0 aromatic heterocycles. The highest BCUT2D eigenvalue weighted by atomic mass is 16.5. The van der Waals surface area contributed by atoms with Crippen LogP contribution in [-0.2, 0) is 6.54 Å². The average Bonchev–Trinajstić information content (AvgIpc) is 3.54. The topological polar surface area (TPSA) is 48.9 Å². The van der Waals surface area contributed by atoms with Gasteiger partial charge in [-0.15, -0.1) is 0 Å². The van der Waals surface area contributed by atoms with Crippen molar-refractivity contribution >= 4 is 5.96 Å². The minimum atomic E-state index is 0.606. The Hall–Kier alpha value is -1.75. The molecular formula is C21H34N4O. The summed E-state index contributed by atoms with van der Waals surface area (Å²) in [6.45, 7) is 8.10. The van der Waals surface area contributed by atoms with Gasteiger partial charge in [-0.3, -0.25) is 9.89 Å². The standard InChI is InChI=1S/C21H34N4O/c1-16(2)25(19-10-11-19)13-12-23-21(22-3)24-14-18-6-4-5-7-20(18)26-15-17-8-9-17/h4-7,16-17,19H,8-15H2,1-3H3,(H2,22,23,24). The molecule has 5 nitrogen and oxygen atoms in total. The molecule has 2 aliphatic carbocycles. The van der Waals surface area contributed by atoms with E-state index in [1.165, 1.54) is 31.2 Å². The van der Waals surface area contributed by atoms with Gasteiger partial charge in [0.2, 0.25) is 0 Å². The molecule has 26 heavy (non-hydrogen) atoms. The molecule has 0 atom stereocenters. The number of aliphatic imine (C=N–C) groups is 1. The minimum absolute atomic E-state index is 0.606. The molecule has 5 heteroatoms. The second-order valence-electron chi connectivity index (χ2n) is 7.78. The number of nitrogens with one attached hydrogen (secondary N) is 2. The van der Waals surface area contributed by atoms with Crippen LogP contribution in [0.2, 0.25) is 0 Å². The molecule has 1 aromatic carbocycles. The quantitative estimate of drug-likeness (QED) is 0.499. The van der Waals surface area contributed by atoms with E-state index in [4.69, 9.17) is 4.74 Å². The molecule has 0 aliphatic heterocycles. The van der Waals surface area contributed by atoms with Gasteiger partial charge in [0, 0.05) is 44.3 Å². The van der Waals surface area contributed by atoms with E-state index in [1.54, 1.807) is 0 Å². The normalized spacial score (nSPS) is 17.7. The van der Waals surface area contributed by atoms with E-state index in [-0.39, 0.29) is 0 Å². The number of hydrogen-bond acceptors (Lipinski definition) is 3. The summed E-state index contributed by atoms with van der Waals surface area (Å²) < 4.78 is 5.99. The highest BCUT2D eigenvalue weighted by molar-refractivity contribution is 5.79. The predicted molar refractivity (Wildman–Crippen MR) is 108 cm³/mol. The summed E-state index contributed by atoms with van der Waals surface area (Å²) in [5.74, 6) is 2.60.